The van der Waals surface area contributed by atoms with Gasteiger partial charge in [0.15, 0.2) is 6.79 Å². The summed E-state index contributed by atoms with van der Waals surface area (Å²) in [4.78, 5) is 0. The van der Waals surface area contributed by atoms with Crippen LogP contribution in [0.1, 0.15) is 17.5 Å². The summed E-state index contributed by atoms with van der Waals surface area (Å²) in [5.41, 5.74) is 2.16. The van der Waals surface area contributed by atoms with Gasteiger partial charge in [-0.1, -0.05) is 11.6 Å². The molecule has 0 N–H and O–H groups in total. The molecule has 0 atom stereocenters. The zero-order valence-corrected chi connectivity index (χ0v) is 15.7. The Hall–Kier alpha value is -1.56. The lowest BCUT2D eigenvalue weighted by molar-refractivity contribution is -0.0168. The summed E-state index contributed by atoms with van der Waals surface area (Å²) in [6.07, 6.45) is 0.976. The Kier molecular flexibility index (Phi) is 6.73. The SMILES string of the molecule is COc1ccc(OCCCSCc2cc(Cl)cc3c2OCOC3)cc1. The van der Waals surface area contributed by atoms with Gasteiger partial charge in [-0.15, -0.1) is 0 Å². The van der Waals surface area contributed by atoms with Gasteiger partial charge < -0.3 is 18.9 Å². The van der Waals surface area contributed by atoms with Gasteiger partial charge in [0, 0.05) is 21.9 Å². The van der Waals surface area contributed by atoms with E-state index < -0.39 is 0 Å². The summed E-state index contributed by atoms with van der Waals surface area (Å²) in [5, 5.41) is 0.728. The third-order valence-corrected chi connectivity index (χ3v) is 5.08. The normalized spacial score (nSPS) is 13.0. The minimum Gasteiger partial charge on any atom is -0.497 e. The molecular weight excluding hydrogens is 360 g/mol. The van der Waals surface area contributed by atoms with Crippen molar-refractivity contribution in [1.82, 2.24) is 0 Å². The second-order valence-corrected chi connectivity index (χ2v) is 7.14. The maximum Gasteiger partial charge on any atom is 0.189 e. The molecule has 0 spiro atoms. The summed E-state index contributed by atoms with van der Waals surface area (Å²) in [5.74, 6) is 4.50. The number of ether oxygens (including phenoxy) is 4. The highest BCUT2D eigenvalue weighted by molar-refractivity contribution is 7.98. The van der Waals surface area contributed by atoms with Crippen LogP contribution >= 0.6 is 23.4 Å². The number of halogens is 1. The molecule has 134 valence electrons. The summed E-state index contributed by atoms with van der Waals surface area (Å²) in [6.45, 7) is 1.56. The van der Waals surface area contributed by atoms with Gasteiger partial charge in [-0.2, -0.15) is 11.8 Å². The van der Waals surface area contributed by atoms with Crippen LogP contribution in [0.2, 0.25) is 5.02 Å². The van der Waals surface area contributed by atoms with E-state index >= 15 is 0 Å². The van der Waals surface area contributed by atoms with Crippen molar-refractivity contribution in [3.05, 3.63) is 52.5 Å². The molecular formula is C19H21ClO4S. The minimum absolute atomic E-state index is 0.308. The first-order chi connectivity index (χ1) is 12.3. The number of hydrogen-bond acceptors (Lipinski definition) is 5. The predicted octanol–water partition coefficient (Wildman–Crippen LogP) is 4.92. The maximum atomic E-state index is 6.18. The average molecular weight is 381 g/mol. The van der Waals surface area contributed by atoms with Crippen LogP contribution < -0.4 is 14.2 Å². The molecule has 0 fully saturated rings. The summed E-state index contributed by atoms with van der Waals surface area (Å²) in [7, 11) is 1.65. The third kappa shape index (κ3) is 5.21. The Morgan fingerprint density at radius 3 is 2.76 bits per heavy atom. The Labute approximate surface area is 157 Å². The highest BCUT2D eigenvalue weighted by Gasteiger charge is 2.16. The number of hydrogen-bond donors (Lipinski definition) is 0. The monoisotopic (exact) mass is 380 g/mol. The van der Waals surface area contributed by atoms with Crippen molar-refractivity contribution >= 4 is 23.4 Å². The number of thioether (sulfide) groups is 1. The van der Waals surface area contributed by atoms with Crippen LogP contribution in [0.25, 0.3) is 0 Å². The second kappa shape index (κ2) is 9.22. The van der Waals surface area contributed by atoms with E-state index in [-0.39, 0.29) is 0 Å². The van der Waals surface area contributed by atoms with E-state index in [0.29, 0.717) is 20.0 Å². The van der Waals surface area contributed by atoms with Crippen molar-refractivity contribution in [3.63, 3.8) is 0 Å². The Morgan fingerprint density at radius 1 is 1.16 bits per heavy atom. The molecule has 1 aliphatic rings. The Balaban J connectivity index is 1.40. The van der Waals surface area contributed by atoms with Crippen LogP contribution in [0.3, 0.4) is 0 Å². The molecule has 1 aliphatic heterocycles. The van der Waals surface area contributed by atoms with Gasteiger partial charge in [-0.25, -0.2) is 0 Å². The molecule has 0 unspecified atom stereocenters. The Bertz CT molecular complexity index is 691. The van der Waals surface area contributed by atoms with E-state index in [1.54, 1.807) is 7.11 Å². The van der Waals surface area contributed by atoms with E-state index in [4.69, 9.17) is 30.5 Å². The van der Waals surface area contributed by atoms with Gasteiger partial charge in [-0.3, -0.25) is 0 Å². The van der Waals surface area contributed by atoms with Gasteiger partial charge in [0.1, 0.15) is 17.2 Å². The van der Waals surface area contributed by atoms with E-state index in [2.05, 4.69) is 0 Å². The second-order valence-electron chi connectivity index (χ2n) is 5.59. The molecule has 0 bridgehead atoms. The predicted molar refractivity (Wildman–Crippen MR) is 101 cm³/mol. The Morgan fingerprint density at radius 2 is 1.96 bits per heavy atom. The smallest absolute Gasteiger partial charge is 0.189 e. The van der Waals surface area contributed by atoms with Crippen LogP contribution in [-0.4, -0.2) is 26.3 Å². The van der Waals surface area contributed by atoms with Crippen LogP contribution in [0.15, 0.2) is 36.4 Å². The van der Waals surface area contributed by atoms with Crippen LogP contribution in [0.5, 0.6) is 17.2 Å². The van der Waals surface area contributed by atoms with Gasteiger partial charge in [-0.05, 0) is 48.6 Å². The van der Waals surface area contributed by atoms with Crippen LogP contribution in [0.4, 0.5) is 0 Å². The molecule has 0 radical (unpaired) electrons. The molecule has 0 aromatic heterocycles. The molecule has 4 nitrogen and oxygen atoms in total. The van der Waals surface area contributed by atoms with Gasteiger partial charge >= 0.3 is 0 Å². The van der Waals surface area contributed by atoms with Crippen molar-refractivity contribution < 1.29 is 18.9 Å². The average Bonchev–Trinajstić information content (AvgIpc) is 2.64. The molecule has 25 heavy (non-hydrogen) atoms. The van der Waals surface area contributed by atoms with Gasteiger partial charge in [0.2, 0.25) is 0 Å². The molecule has 0 saturated heterocycles. The minimum atomic E-state index is 0.308. The number of fused-ring (bicyclic) bond motifs is 1. The van der Waals surface area contributed by atoms with Crippen molar-refractivity contribution in [2.45, 2.75) is 18.8 Å². The quantitative estimate of drug-likeness (QED) is 0.608. The van der Waals surface area contributed by atoms with E-state index in [1.807, 2.05) is 48.2 Å². The molecule has 3 rings (SSSR count). The fourth-order valence-electron chi connectivity index (χ4n) is 2.57. The fraction of sp³-hybridized carbons (Fsp3) is 0.368. The molecule has 6 heteroatoms. The first-order valence-electron chi connectivity index (χ1n) is 8.12. The summed E-state index contributed by atoms with van der Waals surface area (Å²) >= 11 is 8.03. The first-order valence-corrected chi connectivity index (χ1v) is 9.66. The number of methoxy groups -OCH3 is 1. The van der Waals surface area contributed by atoms with Crippen molar-refractivity contribution in [3.8, 4) is 17.2 Å². The van der Waals surface area contributed by atoms with Crippen molar-refractivity contribution in [2.24, 2.45) is 0 Å². The lowest BCUT2D eigenvalue weighted by atomic mass is 10.1. The zero-order chi connectivity index (χ0) is 17.5. The lowest BCUT2D eigenvalue weighted by Crippen LogP contribution is -2.13. The van der Waals surface area contributed by atoms with Gasteiger partial charge in [0.25, 0.3) is 0 Å². The zero-order valence-electron chi connectivity index (χ0n) is 14.1. The van der Waals surface area contributed by atoms with Crippen LogP contribution in [0, 0.1) is 0 Å². The molecule has 2 aromatic rings. The van der Waals surface area contributed by atoms with E-state index in [9.17, 15) is 0 Å². The van der Waals surface area contributed by atoms with E-state index in [0.717, 1.165) is 51.3 Å². The molecule has 2 aromatic carbocycles. The molecule has 0 amide bonds. The first kappa shape index (κ1) is 18.2. The summed E-state index contributed by atoms with van der Waals surface area (Å²) in [6, 6.07) is 11.5. The fourth-order valence-corrected chi connectivity index (χ4v) is 3.73. The topological polar surface area (TPSA) is 36.9 Å². The number of rotatable bonds is 8. The van der Waals surface area contributed by atoms with Crippen molar-refractivity contribution in [2.75, 3.05) is 26.3 Å². The maximum absolute atomic E-state index is 6.18. The highest BCUT2D eigenvalue weighted by atomic mass is 35.5. The number of benzene rings is 2. The summed E-state index contributed by atoms with van der Waals surface area (Å²) < 4.78 is 21.8. The van der Waals surface area contributed by atoms with Crippen molar-refractivity contribution in [1.29, 1.82) is 0 Å². The molecule has 0 saturated carbocycles. The standard InChI is InChI=1S/C19H21ClO4S/c1-21-17-3-5-18(6-4-17)23-7-2-8-25-12-15-10-16(20)9-14-11-22-13-24-19(14)15/h3-6,9-10H,2,7-8,11-13H2,1H3. The van der Waals surface area contributed by atoms with Gasteiger partial charge in [0.05, 0.1) is 20.3 Å². The largest absolute Gasteiger partial charge is 0.497 e. The molecule has 0 aliphatic carbocycles. The highest BCUT2D eigenvalue weighted by Crippen LogP contribution is 2.33. The lowest BCUT2D eigenvalue weighted by Gasteiger charge is -2.21. The third-order valence-electron chi connectivity index (χ3n) is 3.77. The molecule has 1 heterocycles. The van der Waals surface area contributed by atoms with Crippen LogP contribution in [-0.2, 0) is 17.1 Å². The van der Waals surface area contributed by atoms with E-state index in [1.165, 1.54) is 0 Å².